The fraction of sp³-hybridized carbons (Fsp3) is 0.409. The Morgan fingerprint density at radius 3 is 2.55 bits per heavy atom. The molecule has 2 aromatic heterocycles. The number of carbonyl (C=O) groups excluding carboxylic acids is 2. The van der Waals surface area contributed by atoms with Gasteiger partial charge >= 0.3 is 5.69 Å². The molecule has 1 fully saturated rings. The molecule has 3 heterocycles. The van der Waals surface area contributed by atoms with Gasteiger partial charge in [0.1, 0.15) is 12.3 Å². The molecule has 0 aliphatic carbocycles. The minimum absolute atomic E-state index is 0.130. The number of imidazole rings is 1. The number of fused-ring (bicyclic) bond motifs is 1. The molecule has 0 atom stereocenters. The van der Waals surface area contributed by atoms with Crippen LogP contribution in [0.15, 0.2) is 40.2 Å². The minimum Gasteiger partial charge on any atom is -0.497 e. The van der Waals surface area contributed by atoms with Crippen molar-refractivity contribution in [2.75, 3.05) is 33.3 Å². The van der Waals surface area contributed by atoms with E-state index in [9.17, 15) is 19.2 Å². The van der Waals surface area contributed by atoms with Crippen molar-refractivity contribution in [3.05, 3.63) is 57.0 Å². The van der Waals surface area contributed by atoms with Gasteiger partial charge in [-0.1, -0.05) is 6.07 Å². The Hall–Kier alpha value is -3.89. The van der Waals surface area contributed by atoms with Gasteiger partial charge in [0.25, 0.3) is 11.5 Å². The molecule has 174 valence electrons. The molecule has 1 saturated heterocycles. The van der Waals surface area contributed by atoms with Crippen molar-refractivity contribution in [2.24, 2.45) is 14.1 Å². The number of methoxy groups -OCH3 is 1. The van der Waals surface area contributed by atoms with Gasteiger partial charge in [-0.25, -0.2) is 14.3 Å². The lowest BCUT2D eigenvalue weighted by Gasteiger charge is -2.22. The Morgan fingerprint density at radius 1 is 1.06 bits per heavy atom. The second-order valence-corrected chi connectivity index (χ2v) is 8.02. The van der Waals surface area contributed by atoms with E-state index in [0.29, 0.717) is 43.9 Å². The summed E-state index contributed by atoms with van der Waals surface area (Å²) in [6.07, 6.45) is 2.05. The van der Waals surface area contributed by atoms with Crippen LogP contribution in [-0.4, -0.2) is 73.6 Å². The van der Waals surface area contributed by atoms with Gasteiger partial charge in [-0.15, -0.1) is 0 Å². The number of hydrogen-bond donors (Lipinski definition) is 0. The van der Waals surface area contributed by atoms with Crippen LogP contribution in [-0.2, 0) is 25.4 Å². The first-order valence-electron chi connectivity index (χ1n) is 10.6. The van der Waals surface area contributed by atoms with Crippen molar-refractivity contribution in [3.63, 3.8) is 0 Å². The van der Waals surface area contributed by atoms with Gasteiger partial charge in [0.2, 0.25) is 5.91 Å². The van der Waals surface area contributed by atoms with Crippen molar-refractivity contribution < 1.29 is 14.3 Å². The smallest absolute Gasteiger partial charge is 0.332 e. The summed E-state index contributed by atoms with van der Waals surface area (Å²) in [5.74, 6) is 0.131. The van der Waals surface area contributed by atoms with Gasteiger partial charge < -0.3 is 19.1 Å². The van der Waals surface area contributed by atoms with E-state index in [2.05, 4.69) is 4.98 Å². The quantitative estimate of drug-likeness (QED) is 0.541. The predicted molar refractivity (Wildman–Crippen MR) is 120 cm³/mol. The monoisotopic (exact) mass is 454 g/mol. The topological polar surface area (TPSA) is 112 Å². The van der Waals surface area contributed by atoms with Crippen LogP contribution in [0.5, 0.6) is 5.75 Å². The summed E-state index contributed by atoms with van der Waals surface area (Å²) >= 11 is 0. The van der Waals surface area contributed by atoms with E-state index in [1.807, 2.05) is 0 Å². The Bertz CT molecular complexity index is 1340. The summed E-state index contributed by atoms with van der Waals surface area (Å²) < 4.78 is 8.93. The lowest BCUT2D eigenvalue weighted by molar-refractivity contribution is -0.131. The fourth-order valence-electron chi connectivity index (χ4n) is 4.08. The molecule has 1 aliphatic heterocycles. The number of carbonyl (C=O) groups is 2. The highest BCUT2D eigenvalue weighted by molar-refractivity contribution is 5.94. The molecule has 3 aromatic rings. The van der Waals surface area contributed by atoms with E-state index >= 15 is 0 Å². The van der Waals surface area contributed by atoms with Crippen molar-refractivity contribution in [1.29, 1.82) is 0 Å². The molecule has 33 heavy (non-hydrogen) atoms. The molecule has 0 bridgehead atoms. The van der Waals surface area contributed by atoms with Crippen LogP contribution in [0.25, 0.3) is 11.2 Å². The third kappa shape index (κ3) is 4.13. The molecular weight excluding hydrogens is 428 g/mol. The summed E-state index contributed by atoms with van der Waals surface area (Å²) in [4.78, 5) is 58.9. The van der Waals surface area contributed by atoms with Crippen LogP contribution in [0.4, 0.5) is 0 Å². The molecule has 0 spiro atoms. The zero-order chi connectivity index (χ0) is 23.7. The second kappa shape index (κ2) is 8.93. The molecule has 11 heteroatoms. The molecule has 0 unspecified atom stereocenters. The fourth-order valence-corrected chi connectivity index (χ4v) is 4.08. The maximum Gasteiger partial charge on any atom is 0.332 e. The average Bonchev–Trinajstić information content (AvgIpc) is 3.05. The van der Waals surface area contributed by atoms with Gasteiger partial charge in [-0.3, -0.25) is 19.0 Å². The zero-order valence-corrected chi connectivity index (χ0v) is 18.9. The average molecular weight is 454 g/mol. The highest BCUT2D eigenvalue weighted by atomic mass is 16.5. The molecule has 1 aromatic carbocycles. The van der Waals surface area contributed by atoms with E-state index in [0.717, 1.165) is 4.57 Å². The summed E-state index contributed by atoms with van der Waals surface area (Å²) in [5, 5.41) is 0. The molecule has 0 saturated carbocycles. The number of ether oxygens (including phenoxy) is 1. The van der Waals surface area contributed by atoms with Crippen molar-refractivity contribution in [1.82, 2.24) is 28.5 Å². The van der Waals surface area contributed by atoms with Crippen molar-refractivity contribution >= 4 is 23.0 Å². The summed E-state index contributed by atoms with van der Waals surface area (Å²) in [7, 11) is 4.73. The van der Waals surface area contributed by atoms with Crippen molar-refractivity contribution in [2.45, 2.75) is 13.0 Å². The van der Waals surface area contributed by atoms with Crippen LogP contribution in [0.3, 0.4) is 0 Å². The first kappa shape index (κ1) is 22.3. The summed E-state index contributed by atoms with van der Waals surface area (Å²) in [6, 6.07) is 6.95. The highest BCUT2D eigenvalue weighted by Gasteiger charge is 2.25. The van der Waals surface area contributed by atoms with Gasteiger partial charge in [-0.05, 0) is 24.6 Å². The Labute approximate surface area is 189 Å². The normalized spacial score (nSPS) is 14.4. The molecule has 0 N–H and O–H groups in total. The number of benzene rings is 1. The molecule has 11 nitrogen and oxygen atoms in total. The third-order valence-electron chi connectivity index (χ3n) is 5.95. The van der Waals surface area contributed by atoms with Gasteiger partial charge in [0.05, 0.1) is 13.4 Å². The van der Waals surface area contributed by atoms with Crippen LogP contribution in [0.2, 0.25) is 0 Å². The first-order valence-corrected chi connectivity index (χ1v) is 10.6. The number of rotatable bonds is 4. The number of aromatic nitrogens is 4. The van der Waals surface area contributed by atoms with E-state index < -0.39 is 11.2 Å². The van der Waals surface area contributed by atoms with E-state index in [1.165, 1.54) is 22.5 Å². The molecule has 4 rings (SSSR count). The summed E-state index contributed by atoms with van der Waals surface area (Å²) in [5.41, 5.74) is -0.0857. The van der Waals surface area contributed by atoms with Crippen LogP contribution >= 0.6 is 0 Å². The summed E-state index contributed by atoms with van der Waals surface area (Å²) in [6.45, 7) is 1.25. The standard InChI is InChI=1S/C22H26N6O5/c1-24-14-23-19-18(24)21(31)28(22(32)25(19)2)13-17(29)26-8-5-9-27(11-10-26)20(30)15-6-4-7-16(12-15)33-3/h4,6-7,12,14H,5,8-11,13H2,1-3H3. The molecule has 1 aliphatic rings. The highest BCUT2D eigenvalue weighted by Crippen LogP contribution is 2.16. The Morgan fingerprint density at radius 2 is 1.79 bits per heavy atom. The largest absolute Gasteiger partial charge is 0.497 e. The van der Waals surface area contributed by atoms with E-state index in [-0.39, 0.29) is 29.5 Å². The SMILES string of the molecule is COc1cccc(C(=O)N2CCCN(C(=O)Cn3c(=O)c4c(ncn4C)n(C)c3=O)CC2)c1. The van der Waals surface area contributed by atoms with Crippen LogP contribution < -0.4 is 16.0 Å². The number of hydrogen-bond acceptors (Lipinski definition) is 6. The first-order chi connectivity index (χ1) is 15.8. The van der Waals surface area contributed by atoms with Crippen molar-refractivity contribution in [3.8, 4) is 5.75 Å². The molecular formula is C22H26N6O5. The van der Waals surface area contributed by atoms with E-state index in [1.54, 1.807) is 48.2 Å². The Kier molecular flexibility index (Phi) is 6.03. The van der Waals surface area contributed by atoms with Gasteiger partial charge in [-0.2, -0.15) is 0 Å². The lowest BCUT2D eigenvalue weighted by Crippen LogP contribution is -2.45. The predicted octanol–water partition coefficient (Wildman–Crippen LogP) is -0.183. The van der Waals surface area contributed by atoms with E-state index in [4.69, 9.17) is 4.74 Å². The minimum atomic E-state index is -0.593. The molecule has 2 amide bonds. The number of aryl methyl sites for hydroxylation is 2. The maximum atomic E-state index is 13.0. The zero-order valence-electron chi connectivity index (χ0n) is 18.9. The lowest BCUT2D eigenvalue weighted by atomic mass is 10.2. The Balaban J connectivity index is 1.50. The molecule has 0 radical (unpaired) electrons. The second-order valence-electron chi connectivity index (χ2n) is 8.02. The van der Waals surface area contributed by atoms with Gasteiger partial charge in [0.15, 0.2) is 11.2 Å². The maximum absolute atomic E-state index is 13.0. The third-order valence-corrected chi connectivity index (χ3v) is 5.95. The van der Waals surface area contributed by atoms with Crippen LogP contribution in [0.1, 0.15) is 16.8 Å². The number of amides is 2. The van der Waals surface area contributed by atoms with Gasteiger partial charge in [0, 0.05) is 45.8 Å². The number of nitrogens with zero attached hydrogens (tertiary/aromatic N) is 6. The van der Waals surface area contributed by atoms with Crippen LogP contribution in [0, 0.1) is 0 Å².